The first kappa shape index (κ1) is 27.3. The molecule has 2 aromatic heterocycles. The number of aliphatic carboxylic acids is 1. The van der Waals surface area contributed by atoms with Gasteiger partial charge in [0.05, 0.1) is 18.9 Å². The molecule has 2 aromatic carbocycles. The number of carboxylic acid groups (broad SMARTS) is 1. The van der Waals surface area contributed by atoms with E-state index in [-0.39, 0.29) is 48.0 Å². The van der Waals surface area contributed by atoms with E-state index in [0.717, 1.165) is 47.6 Å². The van der Waals surface area contributed by atoms with Crippen molar-refractivity contribution in [2.45, 2.75) is 70.4 Å². The Bertz CT molecular complexity index is 1620. The van der Waals surface area contributed by atoms with E-state index in [1.807, 2.05) is 4.90 Å². The lowest BCUT2D eigenvalue weighted by Crippen LogP contribution is -2.41. The van der Waals surface area contributed by atoms with E-state index in [4.69, 9.17) is 9.52 Å². The van der Waals surface area contributed by atoms with Crippen LogP contribution in [0.25, 0.3) is 11.1 Å². The Morgan fingerprint density at radius 3 is 2.85 bits per heavy atom. The number of likely N-dealkylation sites (tertiary alicyclic amines) is 1. The minimum Gasteiger partial charge on any atom is -0.481 e. The fraction of sp³-hybridized carbons (Fsp3) is 0.400. The smallest absolute Gasteiger partial charge is 0.303 e. The van der Waals surface area contributed by atoms with Crippen LogP contribution in [-0.4, -0.2) is 37.9 Å². The number of thiazole rings is 1. The fourth-order valence-electron chi connectivity index (χ4n) is 6.15. The summed E-state index contributed by atoms with van der Waals surface area (Å²) < 4.78 is 35.1. The summed E-state index contributed by atoms with van der Waals surface area (Å²) in [6.07, 6.45) is 6.93. The molecule has 8 nitrogen and oxygen atoms in total. The number of oxazole rings is 1. The van der Waals surface area contributed by atoms with Crippen LogP contribution in [0, 0.1) is 24.5 Å². The van der Waals surface area contributed by atoms with Crippen LogP contribution in [0.15, 0.2) is 40.9 Å². The second-order valence-electron chi connectivity index (χ2n) is 10.9. The second kappa shape index (κ2) is 11.2. The van der Waals surface area contributed by atoms with Crippen molar-refractivity contribution in [3.8, 4) is 0 Å². The van der Waals surface area contributed by atoms with Gasteiger partial charge in [-0.05, 0) is 62.3 Å². The summed E-state index contributed by atoms with van der Waals surface area (Å²) in [7, 11) is 0. The lowest BCUT2D eigenvalue weighted by Gasteiger charge is -2.33. The minimum atomic E-state index is -0.860. The highest BCUT2D eigenvalue weighted by Crippen LogP contribution is 2.47. The highest BCUT2D eigenvalue weighted by Gasteiger charge is 2.46. The van der Waals surface area contributed by atoms with Crippen molar-refractivity contribution in [3.05, 3.63) is 69.2 Å². The third-order valence-electron chi connectivity index (χ3n) is 8.18. The number of anilines is 2. The molecule has 2 N–H and O–H groups in total. The van der Waals surface area contributed by atoms with Crippen LogP contribution in [0.2, 0.25) is 0 Å². The quantitative estimate of drug-likeness (QED) is 0.239. The molecule has 11 heteroatoms. The van der Waals surface area contributed by atoms with Crippen LogP contribution < -0.4 is 5.32 Å². The maximum Gasteiger partial charge on any atom is 0.303 e. The number of amides is 1. The number of hydrogen-bond donors (Lipinski definition) is 2. The van der Waals surface area contributed by atoms with Crippen LogP contribution in [0.5, 0.6) is 0 Å². The molecule has 1 saturated carbocycles. The summed E-state index contributed by atoms with van der Waals surface area (Å²) >= 11 is 1.46. The predicted octanol–water partition coefficient (Wildman–Crippen LogP) is 6.71. The van der Waals surface area contributed by atoms with Gasteiger partial charge in [0.15, 0.2) is 11.4 Å². The number of aryl methyl sites for hydroxylation is 2. The molecule has 0 unspecified atom stereocenters. The van der Waals surface area contributed by atoms with Crippen molar-refractivity contribution in [3.63, 3.8) is 0 Å². The summed E-state index contributed by atoms with van der Waals surface area (Å²) in [4.78, 5) is 36.5. The minimum absolute atomic E-state index is 0.0304. The van der Waals surface area contributed by atoms with Crippen LogP contribution in [0.3, 0.4) is 0 Å². The predicted molar refractivity (Wildman–Crippen MR) is 150 cm³/mol. The lowest BCUT2D eigenvalue weighted by atomic mass is 9.84. The molecule has 3 atom stereocenters. The summed E-state index contributed by atoms with van der Waals surface area (Å²) in [6.45, 7) is 1.81. The molecule has 1 saturated heterocycles. The highest BCUT2D eigenvalue weighted by atomic mass is 32.1. The van der Waals surface area contributed by atoms with Crippen molar-refractivity contribution >= 4 is 46.0 Å². The summed E-state index contributed by atoms with van der Waals surface area (Å²) in [5.41, 5.74) is 1.67. The number of rotatable bonds is 8. The number of fused-ring (bicyclic) bond motifs is 2. The Hall–Kier alpha value is -3.86. The standard InChI is InChI=1S/C30H30F2N4O4S/c1-16-6-8-19(31)14-22(16)35-30-34-21-10-7-18(27(32)28(21)40-30)13-25(37)36-23-5-3-2-4-17(23)12-24(36)29-33-15-20(41-29)9-11-26(38)39/h6-8,10,14-15,17,23-24H,2-5,9,11-13H2,1H3,(H,34,35)(H,38,39)/t17-,23-,24-/m0/s1. The van der Waals surface area contributed by atoms with Crippen molar-refractivity contribution in [1.82, 2.24) is 14.9 Å². The van der Waals surface area contributed by atoms with Gasteiger partial charge < -0.3 is 19.7 Å². The SMILES string of the molecule is Cc1ccc(F)cc1Nc1nc2ccc(CC(=O)N3[C@H](c4ncc(CCC(=O)O)s4)C[C@@H]4CCCC[C@@H]43)c(F)c2o1. The number of benzene rings is 2. The number of halogens is 2. The van der Waals surface area contributed by atoms with Crippen molar-refractivity contribution in [2.75, 3.05) is 5.32 Å². The van der Waals surface area contributed by atoms with Crippen LogP contribution in [0.1, 0.15) is 65.6 Å². The van der Waals surface area contributed by atoms with E-state index in [0.29, 0.717) is 23.5 Å². The van der Waals surface area contributed by atoms with Crippen LogP contribution >= 0.6 is 11.3 Å². The van der Waals surface area contributed by atoms with E-state index >= 15 is 4.39 Å². The van der Waals surface area contributed by atoms with Gasteiger partial charge in [-0.1, -0.05) is 25.0 Å². The van der Waals surface area contributed by atoms with E-state index in [2.05, 4.69) is 15.3 Å². The molecular weight excluding hydrogens is 550 g/mol. The van der Waals surface area contributed by atoms with Gasteiger partial charge in [0.2, 0.25) is 5.91 Å². The number of nitrogens with one attached hydrogen (secondary N) is 1. The first-order valence-electron chi connectivity index (χ1n) is 13.9. The molecule has 2 aliphatic rings. The first-order chi connectivity index (χ1) is 19.8. The summed E-state index contributed by atoms with van der Waals surface area (Å²) in [6, 6.07) is 7.37. The van der Waals surface area contributed by atoms with Gasteiger partial charge in [-0.25, -0.2) is 13.8 Å². The molecule has 3 heterocycles. The number of nitrogens with zero attached hydrogens (tertiary/aromatic N) is 3. The zero-order chi connectivity index (χ0) is 28.7. The average molecular weight is 581 g/mol. The average Bonchev–Trinajstić information content (AvgIpc) is 3.68. The fourth-order valence-corrected chi connectivity index (χ4v) is 7.18. The summed E-state index contributed by atoms with van der Waals surface area (Å²) in [5, 5.41) is 12.8. The first-order valence-corrected chi connectivity index (χ1v) is 14.7. The maximum absolute atomic E-state index is 15.7. The molecule has 1 amide bonds. The Morgan fingerprint density at radius 1 is 1.20 bits per heavy atom. The largest absolute Gasteiger partial charge is 0.481 e. The Kier molecular flexibility index (Phi) is 7.46. The molecule has 2 fully saturated rings. The zero-order valence-corrected chi connectivity index (χ0v) is 23.3. The summed E-state index contributed by atoms with van der Waals surface area (Å²) in [5.74, 6) is -1.73. The van der Waals surface area contributed by atoms with Gasteiger partial charge in [0.1, 0.15) is 16.3 Å². The van der Waals surface area contributed by atoms with Crippen molar-refractivity contribution in [1.29, 1.82) is 0 Å². The lowest BCUT2D eigenvalue weighted by molar-refractivity contribution is -0.137. The van der Waals surface area contributed by atoms with E-state index in [1.54, 1.807) is 31.3 Å². The molecular formula is C30H30F2N4O4S. The second-order valence-corrected chi connectivity index (χ2v) is 12.0. The van der Waals surface area contributed by atoms with E-state index in [9.17, 15) is 14.0 Å². The molecule has 1 aliphatic carbocycles. The van der Waals surface area contributed by atoms with Gasteiger partial charge >= 0.3 is 5.97 Å². The van der Waals surface area contributed by atoms with Crippen LogP contribution in [-0.2, 0) is 22.4 Å². The molecule has 214 valence electrons. The van der Waals surface area contributed by atoms with Crippen molar-refractivity contribution < 1.29 is 27.9 Å². The van der Waals surface area contributed by atoms with Gasteiger partial charge in [0.25, 0.3) is 6.01 Å². The number of carboxylic acids is 1. The van der Waals surface area contributed by atoms with Gasteiger partial charge in [-0.15, -0.1) is 11.3 Å². The van der Waals surface area contributed by atoms with E-state index < -0.39 is 17.6 Å². The third-order valence-corrected chi connectivity index (χ3v) is 9.34. The number of carbonyl (C=O) groups excluding carboxylic acids is 1. The number of carbonyl (C=O) groups is 2. The topological polar surface area (TPSA) is 109 Å². The maximum atomic E-state index is 15.7. The Balaban J connectivity index is 1.24. The molecule has 41 heavy (non-hydrogen) atoms. The molecule has 4 aromatic rings. The number of aromatic nitrogens is 2. The molecule has 0 radical (unpaired) electrons. The zero-order valence-electron chi connectivity index (χ0n) is 22.5. The Labute approximate surface area is 239 Å². The molecule has 0 bridgehead atoms. The monoisotopic (exact) mass is 580 g/mol. The van der Waals surface area contributed by atoms with Gasteiger partial charge in [0, 0.05) is 28.4 Å². The van der Waals surface area contributed by atoms with E-state index in [1.165, 1.54) is 23.5 Å². The normalized spacial score (nSPS) is 20.4. The highest BCUT2D eigenvalue weighted by molar-refractivity contribution is 7.11. The molecule has 1 aliphatic heterocycles. The molecule has 0 spiro atoms. The third kappa shape index (κ3) is 5.55. The van der Waals surface area contributed by atoms with Gasteiger partial charge in [-0.2, -0.15) is 4.98 Å². The Morgan fingerprint density at radius 2 is 2.02 bits per heavy atom. The number of hydrogen-bond acceptors (Lipinski definition) is 7. The van der Waals surface area contributed by atoms with Gasteiger partial charge in [-0.3, -0.25) is 9.59 Å². The molecule has 6 rings (SSSR count). The van der Waals surface area contributed by atoms with Crippen LogP contribution in [0.4, 0.5) is 20.5 Å². The van der Waals surface area contributed by atoms with Crippen molar-refractivity contribution in [2.24, 2.45) is 5.92 Å².